The predicted octanol–water partition coefficient (Wildman–Crippen LogP) is 12.6. The normalized spacial score (nSPS) is 16.3. The molecule has 1 saturated carbocycles. The lowest BCUT2D eigenvalue weighted by Gasteiger charge is -2.29. The quantitative estimate of drug-likeness (QED) is 0.0659. The zero-order chi connectivity index (χ0) is 33.1. The molecule has 0 spiro atoms. The van der Waals surface area contributed by atoms with E-state index in [1.54, 1.807) is 24.3 Å². The molecule has 0 radical (unpaired) electrons. The summed E-state index contributed by atoms with van der Waals surface area (Å²) in [4.78, 5) is 22.0. The Balaban J connectivity index is 1.17. The van der Waals surface area contributed by atoms with Crippen molar-refractivity contribution in [3.8, 4) is 17.1 Å². The summed E-state index contributed by atoms with van der Waals surface area (Å²) in [6.07, 6.45) is 30.5. The molecular formula is C42H59FN2O2. The number of esters is 1. The molecule has 0 unspecified atom stereocenters. The molecule has 0 atom stereocenters. The standard InChI is InChI=1S/C42H59FN2O2/c1-3-5-7-9-11-13-14-16-18-33-20-22-35(23-21-33)39-29-26-37(30-40(39)43)42(46)47-38-27-24-36(25-28-38)41-44-31-34(32-45-41)19-17-15-12-10-8-6-4-2/h24-33,35H,3-23H2,1-2H3/t33-,35-. The Morgan fingerprint density at radius 2 is 1.30 bits per heavy atom. The molecule has 1 aliphatic carbocycles. The highest BCUT2D eigenvalue weighted by Gasteiger charge is 2.25. The second-order valence-corrected chi connectivity index (χ2v) is 13.9. The number of carbonyl (C=O) groups is 1. The lowest BCUT2D eigenvalue weighted by Crippen LogP contribution is -2.15. The molecule has 256 valence electrons. The fourth-order valence-electron chi connectivity index (χ4n) is 7.07. The minimum absolute atomic E-state index is 0.235. The van der Waals surface area contributed by atoms with Gasteiger partial charge in [-0.25, -0.2) is 19.2 Å². The van der Waals surface area contributed by atoms with E-state index in [0.29, 0.717) is 11.6 Å². The second-order valence-electron chi connectivity index (χ2n) is 13.9. The Hall–Kier alpha value is -3.08. The summed E-state index contributed by atoms with van der Waals surface area (Å²) < 4.78 is 20.8. The van der Waals surface area contributed by atoms with Gasteiger partial charge in [-0.1, -0.05) is 116 Å². The highest BCUT2D eigenvalue weighted by atomic mass is 19.1. The van der Waals surface area contributed by atoms with Crippen molar-refractivity contribution >= 4 is 5.97 Å². The molecule has 47 heavy (non-hydrogen) atoms. The number of halogens is 1. The smallest absolute Gasteiger partial charge is 0.343 e. The van der Waals surface area contributed by atoms with Gasteiger partial charge in [-0.05, 0) is 97.9 Å². The zero-order valence-electron chi connectivity index (χ0n) is 29.3. The molecule has 4 rings (SSSR count). The van der Waals surface area contributed by atoms with Crippen LogP contribution in [0, 0.1) is 11.7 Å². The largest absolute Gasteiger partial charge is 0.423 e. The van der Waals surface area contributed by atoms with Crippen LogP contribution in [-0.2, 0) is 6.42 Å². The minimum atomic E-state index is -0.553. The first-order valence-corrected chi connectivity index (χ1v) is 19.0. The molecule has 0 saturated heterocycles. The van der Waals surface area contributed by atoms with E-state index in [2.05, 4.69) is 23.8 Å². The third-order valence-electron chi connectivity index (χ3n) is 10.1. The van der Waals surface area contributed by atoms with Gasteiger partial charge < -0.3 is 4.74 Å². The van der Waals surface area contributed by atoms with Gasteiger partial charge >= 0.3 is 5.97 Å². The predicted molar refractivity (Wildman–Crippen MR) is 192 cm³/mol. The van der Waals surface area contributed by atoms with Gasteiger partial charge in [0.15, 0.2) is 5.82 Å². The molecule has 1 aromatic heterocycles. The maximum absolute atomic E-state index is 15.2. The van der Waals surface area contributed by atoms with E-state index in [9.17, 15) is 4.79 Å². The van der Waals surface area contributed by atoms with E-state index < -0.39 is 5.97 Å². The lowest BCUT2D eigenvalue weighted by molar-refractivity contribution is 0.0734. The van der Waals surface area contributed by atoms with Crippen LogP contribution in [0.5, 0.6) is 5.75 Å². The SMILES string of the molecule is CCCCCCCCCC[C@H]1CC[C@H](c2ccc(C(=O)Oc3ccc(-c4ncc(CCCCCCCCC)cn4)cc3)cc2F)CC1. The number of ether oxygens (including phenoxy) is 1. The number of unbranched alkanes of at least 4 members (excludes halogenated alkanes) is 13. The molecule has 0 amide bonds. The van der Waals surface area contributed by atoms with Crippen LogP contribution in [-0.4, -0.2) is 15.9 Å². The highest BCUT2D eigenvalue weighted by Crippen LogP contribution is 2.39. The molecule has 1 heterocycles. The number of aromatic nitrogens is 2. The Morgan fingerprint density at radius 3 is 1.89 bits per heavy atom. The monoisotopic (exact) mass is 642 g/mol. The molecule has 2 aromatic carbocycles. The van der Waals surface area contributed by atoms with Gasteiger partial charge in [0.1, 0.15) is 11.6 Å². The molecular weight excluding hydrogens is 583 g/mol. The van der Waals surface area contributed by atoms with Gasteiger partial charge in [-0.3, -0.25) is 0 Å². The number of hydrogen-bond donors (Lipinski definition) is 0. The summed E-state index contributed by atoms with van der Waals surface area (Å²) in [7, 11) is 0. The van der Waals surface area contributed by atoms with Crippen molar-refractivity contribution in [1.29, 1.82) is 0 Å². The molecule has 3 aromatic rings. The van der Waals surface area contributed by atoms with E-state index in [0.717, 1.165) is 41.9 Å². The summed E-state index contributed by atoms with van der Waals surface area (Å²) in [5.41, 5.74) is 2.99. The fourth-order valence-corrected chi connectivity index (χ4v) is 7.07. The van der Waals surface area contributed by atoms with Gasteiger partial charge in [-0.2, -0.15) is 0 Å². The number of carbonyl (C=O) groups excluding carboxylic acids is 1. The van der Waals surface area contributed by atoms with Crippen LogP contribution in [0.25, 0.3) is 11.4 Å². The Bertz CT molecular complexity index is 1300. The van der Waals surface area contributed by atoms with E-state index in [4.69, 9.17) is 4.74 Å². The summed E-state index contributed by atoms with van der Waals surface area (Å²) in [6, 6.07) is 12.0. The van der Waals surface area contributed by atoms with Gasteiger partial charge in [0.05, 0.1) is 5.56 Å². The average molecular weight is 643 g/mol. The first kappa shape index (κ1) is 36.8. The van der Waals surface area contributed by atoms with Crippen LogP contribution in [0.4, 0.5) is 4.39 Å². The highest BCUT2D eigenvalue weighted by molar-refractivity contribution is 5.91. The molecule has 0 aliphatic heterocycles. The van der Waals surface area contributed by atoms with Crippen molar-refractivity contribution in [1.82, 2.24) is 9.97 Å². The van der Waals surface area contributed by atoms with Crippen molar-refractivity contribution in [3.05, 3.63) is 77.4 Å². The number of aryl methyl sites for hydroxylation is 1. The first-order valence-electron chi connectivity index (χ1n) is 19.0. The Labute approximate surface area is 284 Å². The van der Waals surface area contributed by atoms with Crippen LogP contribution in [0.15, 0.2) is 54.9 Å². The Kier molecular flexibility index (Phi) is 16.4. The number of hydrogen-bond acceptors (Lipinski definition) is 4. The van der Waals surface area contributed by atoms with Gasteiger partial charge in [0, 0.05) is 18.0 Å². The summed E-state index contributed by atoms with van der Waals surface area (Å²) in [6.45, 7) is 4.52. The summed E-state index contributed by atoms with van der Waals surface area (Å²) >= 11 is 0. The third kappa shape index (κ3) is 12.8. The third-order valence-corrected chi connectivity index (χ3v) is 10.1. The van der Waals surface area contributed by atoms with Crippen LogP contribution in [0.1, 0.15) is 170 Å². The van der Waals surface area contributed by atoms with Crippen molar-refractivity contribution < 1.29 is 13.9 Å². The van der Waals surface area contributed by atoms with Crippen molar-refractivity contribution in [2.45, 2.75) is 155 Å². The first-order chi connectivity index (χ1) is 23.1. The van der Waals surface area contributed by atoms with E-state index >= 15 is 4.39 Å². The topological polar surface area (TPSA) is 52.1 Å². The van der Waals surface area contributed by atoms with E-state index in [1.807, 2.05) is 24.5 Å². The lowest BCUT2D eigenvalue weighted by atomic mass is 9.76. The minimum Gasteiger partial charge on any atom is -0.423 e. The van der Waals surface area contributed by atoms with Crippen LogP contribution < -0.4 is 4.74 Å². The molecule has 5 heteroatoms. The van der Waals surface area contributed by atoms with Gasteiger partial charge in [-0.15, -0.1) is 0 Å². The van der Waals surface area contributed by atoms with Gasteiger partial charge in [0.25, 0.3) is 0 Å². The molecule has 0 bridgehead atoms. The summed E-state index contributed by atoms with van der Waals surface area (Å²) in [5, 5.41) is 0. The van der Waals surface area contributed by atoms with Crippen molar-refractivity contribution in [2.24, 2.45) is 5.92 Å². The number of rotatable bonds is 21. The van der Waals surface area contributed by atoms with Crippen molar-refractivity contribution in [2.75, 3.05) is 0 Å². The molecule has 1 aliphatic rings. The molecule has 4 nitrogen and oxygen atoms in total. The number of benzene rings is 2. The fraction of sp³-hybridized carbons (Fsp3) is 0.595. The number of nitrogens with zero attached hydrogens (tertiary/aromatic N) is 2. The van der Waals surface area contributed by atoms with E-state index in [-0.39, 0.29) is 17.3 Å². The average Bonchev–Trinajstić information content (AvgIpc) is 3.10. The van der Waals surface area contributed by atoms with Gasteiger partial charge in [0.2, 0.25) is 0 Å². The maximum atomic E-state index is 15.2. The summed E-state index contributed by atoms with van der Waals surface area (Å²) in [5.74, 6) is 1.22. The Morgan fingerprint density at radius 1 is 0.723 bits per heavy atom. The maximum Gasteiger partial charge on any atom is 0.343 e. The van der Waals surface area contributed by atoms with Crippen LogP contribution in [0.3, 0.4) is 0 Å². The molecule has 1 fully saturated rings. The van der Waals surface area contributed by atoms with Crippen LogP contribution in [0.2, 0.25) is 0 Å². The van der Waals surface area contributed by atoms with Crippen molar-refractivity contribution in [3.63, 3.8) is 0 Å². The molecule has 0 N–H and O–H groups in total. The van der Waals surface area contributed by atoms with E-state index in [1.165, 1.54) is 122 Å². The van der Waals surface area contributed by atoms with Crippen LogP contribution >= 0.6 is 0 Å². The zero-order valence-corrected chi connectivity index (χ0v) is 29.3. The second kappa shape index (κ2) is 21.0.